The first kappa shape index (κ1) is 6.44. The van der Waals surface area contributed by atoms with E-state index in [1.54, 1.807) is 7.11 Å². The van der Waals surface area contributed by atoms with Crippen molar-refractivity contribution in [2.45, 2.75) is 13.0 Å². The van der Waals surface area contributed by atoms with Gasteiger partial charge in [0.1, 0.15) is 0 Å². The van der Waals surface area contributed by atoms with Crippen LogP contribution in [0.5, 0.6) is 0 Å². The summed E-state index contributed by atoms with van der Waals surface area (Å²) in [5.74, 6) is 0. The molecule has 0 fully saturated rings. The maximum atomic E-state index is 4.85. The van der Waals surface area contributed by atoms with E-state index >= 15 is 0 Å². The van der Waals surface area contributed by atoms with Crippen molar-refractivity contribution in [3.05, 3.63) is 0 Å². The Kier molecular flexibility index (Phi) is 3.89. The summed E-state index contributed by atoms with van der Waals surface area (Å²) in [6.07, 6.45) is 0.352. The van der Waals surface area contributed by atoms with E-state index < -0.39 is 0 Å². The van der Waals surface area contributed by atoms with E-state index in [1.165, 1.54) is 0 Å². The van der Waals surface area contributed by atoms with Crippen molar-refractivity contribution >= 4 is 15.9 Å². The second kappa shape index (κ2) is 3.62. The smallest absolute Gasteiger partial charge is 0.0639 e. The summed E-state index contributed by atoms with van der Waals surface area (Å²) in [6.45, 7) is 2.01. The zero-order valence-corrected chi connectivity index (χ0v) is 5.66. The van der Waals surface area contributed by atoms with Gasteiger partial charge in [0.05, 0.1) is 6.10 Å². The molecule has 0 heterocycles. The molecule has 0 aromatic rings. The molecule has 0 aliphatic heterocycles. The maximum absolute atomic E-state index is 4.85. The highest BCUT2D eigenvalue weighted by molar-refractivity contribution is 9.09. The van der Waals surface area contributed by atoms with Gasteiger partial charge in [0.25, 0.3) is 0 Å². The Morgan fingerprint density at radius 3 is 2.33 bits per heavy atom. The van der Waals surface area contributed by atoms with Crippen LogP contribution in [0.25, 0.3) is 0 Å². The van der Waals surface area contributed by atoms with Gasteiger partial charge in [-0.15, -0.1) is 0 Å². The van der Waals surface area contributed by atoms with E-state index in [0.717, 1.165) is 5.33 Å². The molecule has 1 atom stereocenters. The molecule has 0 spiro atoms. The van der Waals surface area contributed by atoms with E-state index in [1.807, 2.05) is 6.92 Å². The average Bonchev–Trinajstić information content (AvgIpc) is 1.65. The third-order valence-electron chi connectivity index (χ3n) is 0.620. The van der Waals surface area contributed by atoms with Crippen LogP contribution < -0.4 is 0 Å². The van der Waals surface area contributed by atoms with Gasteiger partial charge >= 0.3 is 0 Å². The number of alkyl halides is 1. The summed E-state index contributed by atoms with van der Waals surface area (Å²) in [7, 11) is 1.70. The molecule has 0 bridgehead atoms. The van der Waals surface area contributed by atoms with Crippen molar-refractivity contribution in [2.75, 3.05) is 12.4 Å². The first-order chi connectivity index (χ1) is 2.81. The highest BCUT2D eigenvalue weighted by Crippen LogP contribution is 1.90. The normalized spacial score (nSPS) is 14.5. The first-order valence-corrected chi connectivity index (χ1v) is 3.02. The standard InChI is InChI=1S/C4H9BrO/c1-4(3-5)6-2/h4H,3H2,1-2H3. The molecule has 0 rings (SSSR count). The fraction of sp³-hybridized carbons (Fsp3) is 1.00. The Morgan fingerprint density at radius 2 is 2.33 bits per heavy atom. The first-order valence-electron chi connectivity index (χ1n) is 1.90. The molecule has 0 saturated heterocycles. The molecule has 0 aromatic heterocycles. The molecule has 0 aliphatic rings. The van der Waals surface area contributed by atoms with Crippen LogP contribution in [0.3, 0.4) is 0 Å². The van der Waals surface area contributed by atoms with Gasteiger partial charge in [0, 0.05) is 12.4 Å². The van der Waals surface area contributed by atoms with Crippen LogP contribution in [-0.4, -0.2) is 18.5 Å². The minimum absolute atomic E-state index is 0.352. The number of hydrogen-bond donors (Lipinski definition) is 0. The monoisotopic (exact) mass is 152 g/mol. The van der Waals surface area contributed by atoms with Gasteiger partial charge in [-0.1, -0.05) is 15.9 Å². The lowest BCUT2D eigenvalue weighted by molar-refractivity contribution is 0.139. The van der Waals surface area contributed by atoms with E-state index in [4.69, 9.17) is 4.74 Å². The minimum atomic E-state index is 0.352. The zero-order valence-electron chi connectivity index (χ0n) is 4.07. The molecule has 1 nitrogen and oxygen atoms in total. The Hall–Kier alpha value is 0.440. The van der Waals surface area contributed by atoms with Crippen molar-refractivity contribution in [3.8, 4) is 0 Å². The fourth-order valence-corrected chi connectivity index (χ4v) is 0.327. The van der Waals surface area contributed by atoms with Crippen LogP contribution in [0.4, 0.5) is 0 Å². The van der Waals surface area contributed by atoms with Crippen LogP contribution in [0.2, 0.25) is 0 Å². The lowest BCUT2D eigenvalue weighted by atomic mass is 10.5. The Balaban J connectivity index is 2.75. The molecule has 0 aromatic carbocycles. The Bertz CT molecular complexity index is 26.7. The molecule has 1 unspecified atom stereocenters. The quantitative estimate of drug-likeness (QED) is 0.545. The molecule has 0 N–H and O–H groups in total. The number of methoxy groups -OCH3 is 1. The van der Waals surface area contributed by atoms with E-state index in [-0.39, 0.29) is 0 Å². The van der Waals surface area contributed by atoms with Crippen LogP contribution in [0.15, 0.2) is 0 Å². The lowest BCUT2D eigenvalue weighted by Crippen LogP contribution is -2.04. The molecule has 0 aliphatic carbocycles. The number of rotatable bonds is 2. The number of halogens is 1. The van der Waals surface area contributed by atoms with Gasteiger partial charge < -0.3 is 4.74 Å². The van der Waals surface area contributed by atoms with Crippen molar-refractivity contribution in [2.24, 2.45) is 0 Å². The van der Waals surface area contributed by atoms with E-state index in [2.05, 4.69) is 15.9 Å². The van der Waals surface area contributed by atoms with Crippen molar-refractivity contribution < 1.29 is 4.74 Å². The summed E-state index contributed by atoms with van der Waals surface area (Å²) >= 11 is 3.25. The summed E-state index contributed by atoms with van der Waals surface area (Å²) in [5.41, 5.74) is 0. The third kappa shape index (κ3) is 2.67. The molecular formula is C4H9BrO. The van der Waals surface area contributed by atoms with Crippen LogP contribution >= 0.6 is 15.9 Å². The molecule has 2 heteroatoms. The second-order valence-corrected chi connectivity index (χ2v) is 1.85. The summed E-state index contributed by atoms with van der Waals surface area (Å²) in [4.78, 5) is 0. The van der Waals surface area contributed by atoms with E-state index in [9.17, 15) is 0 Å². The fourth-order valence-electron chi connectivity index (χ4n) is 0.0630. The van der Waals surface area contributed by atoms with Gasteiger partial charge in [0.2, 0.25) is 0 Å². The maximum Gasteiger partial charge on any atom is 0.0639 e. The summed E-state index contributed by atoms with van der Waals surface area (Å²) in [5, 5.41) is 0.920. The topological polar surface area (TPSA) is 9.23 Å². The molecule has 6 heavy (non-hydrogen) atoms. The second-order valence-electron chi connectivity index (χ2n) is 1.20. The highest BCUT2D eigenvalue weighted by atomic mass is 79.9. The molecule has 0 saturated carbocycles. The largest absolute Gasteiger partial charge is 0.381 e. The van der Waals surface area contributed by atoms with Crippen molar-refractivity contribution in [1.29, 1.82) is 0 Å². The third-order valence-corrected chi connectivity index (χ3v) is 1.53. The molecular weight excluding hydrogens is 144 g/mol. The predicted octanol–water partition coefficient (Wildman–Crippen LogP) is 1.42. The van der Waals surface area contributed by atoms with E-state index in [0.29, 0.717) is 6.10 Å². The zero-order chi connectivity index (χ0) is 4.99. The van der Waals surface area contributed by atoms with Crippen molar-refractivity contribution in [3.63, 3.8) is 0 Å². The predicted molar refractivity (Wildman–Crippen MR) is 30.3 cm³/mol. The lowest BCUT2D eigenvalue weighted by Gasteiger charge is -2.00. The summed E-state index contributed by atoms with van der Waals surface area (Å²) < 4.78 is 4.85. The van der Waals surface area contributed by atoms with Gasteiger partial charge in [-0.3, -0.25) is 0 Å². The Labute approximate surface area is 46.8 Å². The van der Waals surface area contributed by atoms with Crippen LogP contribution in [0, 0.1) is 0 Å². The molecule has 0 amide bonds. The average molecular weight is 153 g/mol. The SMILES string of the molecule is COC(C)CBr. The highest BCUT2D eigenvalue weighted by Gasteiger charge is 1.90. The van der Waals surface area contributed by atoms with Gasteiger partial charge in [-0.2, -0.15) is 0 Å². The van der Waals surface area contributed by atoms with Gasteiger partial charge in [-0.25, -0.2) is 0 Å². The minimum Gasteiger partial charge on any atom is -0.381 e. The van der Waals surface area contributed by atoms with Crippen LogP contribution in [-0.2, 0) is 4.74 Å². The molecule has 0 radical (unpaired) electrons. The van der Waals surface area contributed by atoms with Gasteiger partial charge in [0.15, 0.2) is 0 Å². The van der Waals surface area contributed by atoms with Crippen molar-refractivity contribution in [1.82, 2.24) is 0 Å². The molecule has 38 valence electrons. The Morgan fingerprint density at radius 1 is 1.83 bits per heavy atom. The number of hydrogen-bond acceptors (Lipinski definition) is 1. The van der Waals surface area contributed by atoms with Gasteiger partial charge in [-0.05, 0) is 6.92 Å². The number of ether oxygens (including phenoxy) is 1. The van der Waals surface area contributed by atoms with Crippen LogP contribution in [0.1, 0.15) is 6.92 Å². The summed E-state index contributed by atoms with van der Waals surface area (Å²) in [6, 6.07) is 0.